The van der Waals surface area contributed by atoms with Gasteiger partial charge in [-0.2, -0.15) is 5.26 Å². The molecule has 0 aliphatic carbocycles. The molecule has 0 unspecified atom stereocenters. The number of nitrogens with zero attached hydrogens (tertiary/aromatic N) is 1. The lowest BCUT2D eigenvalue weighted by Gasteiger charge is -2.11. The topological polar surface area (TPSA) is 59.3 Å². The van der Waals surface area contributed by atoms with Gasteiger partial charge in [-0.15, -0.1) is 0 Å². The highest BCUT2D eigenvalue weighted by Crippen LogP contribution is 2.30. The van der Waals surface area contributed by atoms with Crippen LogP contribution in [0.5, 0.6) is 17.2 Å². The van der Waals surface area contributed by atoms with Crippen LogP contribution >= 0.6 is 0 Å². The molecule has 0 bridgehead atoms. The Morgan fingerprint density at radius 2 is 1.90 bits per heavy atom. The van der Waals surface area contributed by atoms with E-state index >= 15 is 0 Å². The maximum absolute atomic E-state index is 13.2. The van der Waals surface area contributed by atoms with Crippen LogP contribution in [0.1, 0.15) is 22.8 Å². The second-order valence-electron chi connectivity index (χ2n) is 4.31. The molecule has 4 nitrogen and oxygen atoms in total. The van der Waals surface area contributed by atoms with E-state index < -0.39 is 5.82 Å². The normalized spacial score (nSPS) is 9.81. The van der Waals surface area contributed by atoms with Gasteiger partial charge in [0.05, 0.1) is 24.3 Å². The Balaban J connectivity index is 2.43. The van der Waals surface area contributed by atoms with Gasteiger partial charge in [0, 0.05) is 6.07 Å². The molecule has 0 N–H and O–H groups in total. The molecule has 0 spiro atoms. The summed E-state index contributed by atoms with van der Waals surface area (Å²) >= 11 is 0. The fourth-order valence-electron chi connectivity index (χ4n) is 1.81. The average molecular weight is 285 g/mol. The third-order valence-corrected chi connectivity index (χ3v) is 2.79. The molecule has 0 aromatic heterocycles. The van der Waals surface area contributed by atoms with Gasteiger partial charge >= 0.3 is 0 Å². The van der Waals surface area contributed by atoms with E-state index in [1.54, 1.807) is 12.1 Å². The number of methoxy groups -OCH3 is 1. The van der Waals surface area contributed by atoms with Gasteiger partial charge in [0.1, 0.15) is 23.1 Å². The number of ketones is 1. The highest BCUT2D eigenvalue weighted by atomic mass is 19.1. The maximum atomic E-state index is 13.2. The van der Waals surface area contributed by atoms with Gasteiger partial charge in [-0.3, -0.25) is 4.79 Å². The third kappa shape index (κ3) is 3.37. The largest absolute Gasteiger partial charge is 0.497 e. The number of hydrogen-bond donors (Lipinski definition) is 0. The van der Waals surface area contributed by atoms with Crippen molar-refractivity contribution in [2.45, 2.75) is 6.92 Å². The van der Waals surface area contributed by atoms with E-state index in [-0.39, 0.29) is 17.1 Å². The van der Waals surface area contributed by atoms with E-state index in [9.17, 15) is 9.18 Å². The Hall–Kier alpha value is -2.87. The second kappa shape index (κ2) is 6.06. The average Bonchev–Trinajstić information content (AvgIpc) is 2.48. The van der Waals surface area contributed by atoms with Crippen LogP contribution in [-0.4, -0.2) is 12.9 Å². The summed E-state index contributed by atoms with van der Waals surface area (Å²) in [5, 5.41) is 8.96. The maximum Gasteiger partial charge on any atom is 0.163 e. The van der Waals surface area contributed by atoms with Crippen molar-refractivity contribution < 1.29 is 18.7 Å². The van der Waals surface area contributed by atoms with Crippen molar-refractivity contribution in [3.63, 3.8) is 0 Å². The molecule has 0 radical (unpaired) electrons. The van der Waals surface area contributed by atoms with Crippen molar-refractivity contribution in [3.05, 3.63) is 53.3 Å². The SMILES string of the molecule is COc1cc(C#N)cc(Oc2ccc(F)cc2C(C)=O)c1. The zero-order chi connectivity index (χ0) is 15.4. The van der Waals surface area contributed by atoms with Gasteiger partial charge in [0.15, 0.2) is 5.78 Å². The minimum absolute atomic E-state index is 0.135. The quantitative estimate of drug-likeness (QED) is 0.804. The standard InChI is InChI=1S/C16H12FNO3/c1-10(19)15-7-12(17)3-4-16(15)21-14-6-11(9-18)5-13(8-14)20-2/h3-8H,1-2H3. The fraction of sp³-hybridized carbons (Fsp3) is 0.125. The summed E-state index contributed by atoms with van der Waals surface area (Å²) in [6.07, 6.45) is 0. The summed E-state index contributed by atoms with van der Waals surface area (Å²) in [6, 6.07) is 10.3. The number of ether oxygens (including phenoxy) is 2. The second-order valence-corrected chi connectivity index (χ2v) is 4.31. The number of carbonyl (C=O) groups excluding carboxylic acids is 1. The number of halogens is 1. The molecule has 0 amide bonds. The molecule has 0 atom stereocenters. The van der Waals surface area contributed by atoms with Crippen LogP contribution in [0.15, 0.2) is 36.4 Å². The predicted octanol–water partition coefficient (Wildman–Crippen LogP) is 3.70. The molecule has 0 fully saturated rings. The summed E-state index contributed by atoms with van der Waals surface area (Å²) in [4.78, 5) is 11.5. The molecule has 0 saturated carbocycles. The summed E-state index contributed by atoms with van der Waals surface area (Å²) in [5.41, 5.74) is 0.493. The summed E-state index contributed by atoms with van der Waals surface area (Å²) in [5.74, 6) is 0.181. The summed E-state index contributed by atoms with van der Waals surface area (Å²) < 4.78 is 23.9. The lowest BCUT2D eigenvalue weighted by atomic mass is 10.1. The minimum Gasteiger partial charge on any atom is -0.497 e. The zero-order valence-electron chi connectivity index (χ0n) is 11.5. The van der Waals surface area contributed by atoms with Crippen LogP contribution in [-0.2, 0) is 0 Å². The number of carbonyl (C=O) groups is 1. The first-order valence-electron chi connectivity index (χ1n) is 6.11. The lowest BCUT2D eigenvalue weighted by molar-refractivity contribution is 0.101. The van der Waals surface area contributed by atoms with Crippen LogP contribution in [0, 0.1) is 17.1 Å². The first-order chi connectivity index (χ1) is 10.0. The number of hydrogen-bond acceptors (Lipinski definition) is 4. The first kappa shape index (κ1) is 14.5. The molecule has 2 aromatic carbocycles. The van der Waals surface area contributed by atoms with Crippen molar-refractivity contribution in [2.75, 3.05) is 7.11 Å². The molecule has 106 valence electrons. The van der Waals surface area contributed by atoms with E-state index in [2.05, 4.69) is 0 Å². The minimum atomic E-state index is -0.518. The summed E-state index contributed by atoms with van der Waals surface area (Å²) in [7, 11) is 1.47. The highest BCUT2D eigenvalue weighted by molar-refractivity contribution is 5.96. The highest BCUT2D eigenvalue weighted by Gasteiger charge is 2.12. The molecular weight excluding hydrogens is 273 g/mol. The molecule has 0 aliphatic heterocycles. The Morgan fingerprint density at radius 1 is 1.19 bits per heavy atom. The molecular formula is C16H12FNO3. The van der Waals surface area contributed by atoms with Gasteiger partial charge in [-0.05, 0) is 37.3 Å². The van der Waals surface area contributed by atoms with Crippen LogP contribution < -0.4 is 9.47 Å². The summed E-state index contributed by atoms with van der Waals surface area (Å²) in [6.45, 7) is 1.33. The van der Waals surface area contributed by atoms with Crippen molar-refractivity contribution in [1.82, 2.24) is 0 Å². The molecule has 0 heterocycles. The number of Topliss-reactive ketones (excluding diaryl/α,β-unsaturated/α-hetero) is 1. The number of rotatable bonds is 4. The van der Waals surface area contributed by atoms with Crippen molar-refractivity contribution in [2.24, 2.45) is 0 Å². The van der Waals surface area contributed by atoms with Gasteiger partial charge in [-0.1, -0.05) is 0 Å². The Labute approximate surface area is 121 Å². The van der Waals surface area contributed by atoms with E-state index in [4.69, 9.17) is 14.7 Å². The Bertz CT molecular complexity index is 735. The number of nitriles is 1. The van der Waals surface area contributed by atoms with E-state index in [1.807, 2.05) is 6.07 Å². The van der Waals surface area contributed by atoms with E-state index in [0.717, 1.165) is 6.07 Å². The Kier molecular flexibility index (Phi) is 4.19. The molecule has 2 rings (SSSR count). The van der Waals surface area contributed by atoms with Crippen LogP contribution in [0.4, 0.5) is 4.39 Å². The monoisotopic (exact) mass is 285 g/mol. The molecule has 2 aromatic rings. The molecule has 5 heteroatoms. The third-order valence-electron chi connectivity index (χ3n) is 2.79. The van der Waals surface area contributed by atoms with Crippen molar-refractivity contribution >= 4 is 5.78 Å². The number of benzene rings is 2. The van der Waals surface area contributed by atoms with Gasteiger partial charge in [-0.25, -0.2) is 4.39 Å². The van der Waals surface area contributed by atoms with Crippen LogP contribution in [0.2, 0.25) is 0 Å². The molecule has 21 heavy (non-hydrogen) atoms. The lowest BCUT2D eigenvalue weighted by Crippen LogP contribution is -1.98. The molecule has 0 saturated heterocycles. The predicted molar refractivity (Wildman–Crippen MR) is 74.2 cm³/mol. The zero-order valence-corrected chi connectivity index (χ0v) is 11.5. The van der Waals surface area contributed by atoms with E-state index in [0.29, 0.717) is 17.1 Å². The molecule has 0 aliphatic rings. The first-order valence-corrected chi connectivity index (χ1v) is 6.11. The van der Waals surface area contributed by atoms with Gasteiger partial charge in [0.2, 0.25) is 0 Å². The smallest absolute Gasteiger partial charge is 0.163 e. The Morgan fingerprint density at radius 3 is 2.52 bits per heavy atom. The van der Waals surface area contributed by atoms with Gasteiger partial charge in [0.25, 0.3) is 0 Å². The van der Waals surface area contributed by atoms with Crippen LogP contribution in [0.3, 0.4) is 0 Å². The van der Waals surface area contributed by atoms with Crippen molar-refractivity contribution in [1.29, 1.82) is 5.26 Å². The van der Waals surface area contributed by atoms with Gasteiger partial charge < -0.3 is 9.47 Å². The fourth-order valence-corrected chi connectivity index (χ4v) is 1.81. The van der Waals surface area contributed by atoms with E-state index in [1.165, 1.54) is 32.2 Å². The van der Waals surface area contributed by atoms with Crippen molar-refractivity contribution in [3.8, 4) is 23.3 Å². The van der Waals surface area contributed by atoms with Crippen LogP contribution in [0.25, 0.3) is 0 Å².